The Hall–Kier alpha value is -1.66. The first kappa shape index (κ1) is 15.7. The minimum atomic E-state index is -0.121. The van der Waals surface area contributed by atoms with Crippen LogP contribution in [0.2, 0.25) is 0 Å². The molecule has 4 nitrogen and oxygen atoms in total. The molecule has 2 aromatic rings. The number of Topliss-reactive ketones (excluding diaryl/α,β-unsaturated/α-hetero) is 1. The third kappa shape index (κ3) is 4.41. The van der Waals surface area contributed by atoms with Crippen LogP contribution < -0.4 is 5.32 Å². The number of hydrogen-bond acceptors (Lipinski definition) is 5. The summed E-state index contributed by atoms with van der Waals surface area (Å²) >= 11 is 2.69. The van der Waals surface area contributed by atoms with E-state index in [0.29, 0.717) is 21.5 Å². The standard InChI is InChI=1S/C15H16N2O2S2/c1-9-4-6-12(7-5-9)20-8-13(19)17-15-16-10(2)14(21-15)11(3)18/h4-7H,8H2,1-3H3,(H,16,17,19). The SMILES string of the molecule is CC(=O)c1sc(NC(=O)CSc2ccc(C)cc2)nc1C. The third-order valence-corrected chi connectivity index (χ3v) is 4.94. The average molecular weight is 320 g/mol. The Morgan fingerprint density at radius 1 is 1.24 bits per heavy atom. The molecule has 0 saturated carbocycles. The van der Waals surface area contributed by atoms with Gasteiger partial charge in [0.05, 0.1) is 16.3 Å². The average Bonchev–Trinajstić information content (AvgIpc) is 2.79. The van der Waals surface area contributed by atoms with E-state index in [1.807, 2.05) is 31.2 Å². The van der Waals surface area contributed by atoms with Gasteiger partial charge in [-0.15, -0.1) is 11.8 Å². The lowest BCUT2D eigenvalue weighted by molar-refractivity contribution is -0.113. The van der Waals surface area contributed by atoms with Crippen LogP contribution in [0.5, 0.6) is 0 Å². The van der Waals surface area contributed by atoms with Crippen molar-refractivity contribution >= 4 is 39.9 Å². The zero-order chi connectivity index (χ0) is 15.4. The van der Waals surface area contributed by atoms with E-state index in [0.717, 1.165) is 4.90 Å². The van der Waals surface area contributed by atoms with Gasteiger partial charge in [0.1, 0.15) is 0 Å². The summed E-state index contributed by atoms with van der Waals surface area (Å²) in [6.45, 7) is 5.29. The number of aryl methyl sites for hydroxylation is 2. The molecule has 1 heterocycles. The number of carbonyl (C=O) groups excluding carboxylic acids is 2. The molecule has 0 aliphatic rings. The number of nitrogens with zero attached hydrogens (tertiary/aromatic N) is 1. The van der Waals surface area contributed by atoms with Gasteiger partial charge in [-0.2, -0.15) is 0 Å². The van der Waals surface area contributed by atoms with Gasteiger partial charge in [-0.3, -0.25) is 9.59 Å². The first-order chi connectivity index (χ1) is 9.95. The van der Waals surface area contributed by atoms with Gasteiger partial charge in [0.25, 0.3) is 0 Å². The number of benzene rings is 1. The van der Waals surface area contributed by atoms with Crippen molar-refractivity contribution in [3.05, 3.63) is 40.4 Å². The van der Waals surface area contributed by atoms with Gasteiger partial charge >= 0.3 is 0 Å². The lowest BCUT2D eigenvalue weighted by Crippen LogP contribution is -2.13. The van der Waals surface area contributed by atoms with E-state index in [4.69, 9.17) is 0 Å². The van der Waals surface area contributed by atoms with Crippen LogP contribution in [-0.2, 0) is 4.79 Å². The number of amides is 1. The Labute approximate surface area is 132 Å². The van der Waals surface area contributed by atoms with Crippen molar-refractivity contribution in [1.82, 2.24) is 4.98 Å². The molecule has 6 heteroatoms. The summed E-state index contributed by atoms with van der Waals surface area (Å²) in [6.07, 6.45) is 0. The van der Waals surface area contributed by atoms with Crippen LogP contribution in [0.1, 0.15) is 27.9 Å². The van der Waals surface area contributed by atoms with Gasteiger partial charge in [0.2, 0.25) is 5.91 Å². The quantitative estimate of drug-likeness (QED) is 0.674. The van der Waals surface area contributed by atoms with E-state index in [2.05, 4.69) is 10.3 Å². The van der Waals surface area contributed by atoms with Crippen molar-refractivity contribution in [3.63, 3.8) is 0 Å². The van der Waals surface area contributed by atoms with Gasteiger partial charge in [-0.05, 0) is 26.0 Å². The van der Waals surface area contributed by atoms with Crippen molar-refractivity contribution < 1.29 is 9.59 Å². The number of nitrogens with one attached hydrogen (secondary N) is 1. The Balaban J connectivity index is 1.91. The van der Waals surface area contributed by atoms with Gasteiger partial charge in [0.15, 0.2) is 10.9 Å². The molecule has 0 saturated heterocycles. The number of aromatic nitrogens is 1. The maximum Gasteiger partial charge on any atom is 0.236 e. The van der Waals surface area contributed by atoms with Crippen molar-refractivity contribution in [1.29, 1.82) is 0 Å². The second-order valence-electron chi connectivity index (χ2n) is 4.64. The summed E-state index contributed by atoms with van der Waals surface area (Å²) in [5.41, 5.74) is 1.85. The molecule has 1 aromatic heterocycles. The van der Waals surface area contributed by atoms with Crippen LogP contribution >= 0.6 is 23.1 Å². The predicted molar refractivity (Wildman–Crippen MR) is 87.4 cm³/mol. The van der Waals surface area contributed by atoms with Gasteiger partial charge in [-0.25, -0.2) is 4.98 Å². The molecular weight excluding hydrogens is 304 g/mol. The zero-order valence-corrected chi connectivity index (χ0v) is 13.7. The monoisotopic (exact) mass is 320 g/mol. The number of hydrogen-bond donors (Lipinski definition) is 1. The minimum Gasteiger partial charge on any atom is -0.301 e. The topological polar surface area (TPSA) is 59.1 Å². The Morgan fingerprint density at radius 3 is 2.48 bits per heavy atom. The van der Waals surface area contributed by atoms with E-state index in [9.17, 15) is 9.59 Å². The summed E-state index contributed by atoms with van der Waals surface area (Å²) in [4.78, 5) is 29.1. The molecule has 110 valence electrons. The molecular formula is C15H16N2O2S2. The molecule has 21 heavy (non-hydrogen) atoms. The molecule has 0 unspecified atom stereocenters. The van der Waals surface area contributed by atoms with Crippen LogP contribution in [0.15, 0.2) is 29.2 Å². The highest BCUT2D eigenvalue weighted by Crippen LogP contribution is 2.24. The molecule has 1 N–H and O–H groups in total. The fourth-order valence-electron chi connectivity index (χ4n) is 1.72. The van der Waals surface area contributed by atoms with Crippen molar-refractivity contribution in [2.24, 2.45) is 0 Å². The van der Waals surface area contributed by atoms with Crippen LogP contribution in [-0.4, -0.2) is 22.4 Å². The fourth-order valence-corrected chi connectivity index (χ4v) is 3.29. The number of thioether (sulfide) groups is 1. The normalized spacial score (nSPS) is 10.4. The molecule has 0 spiro atoms. The van der Waals surface area contributed by atoms with E-state index in [1.54, 1.807) is 6.92 Å². The largest absolute Gasteiger partial charge is 0.301 e. The van der Waals surface area contributed by atoms with Crippen LogP contribution in [0.3, 0.4) is 0 Å². The second kappa shape index (κ2) is 6.87. The van der Waals surface area contributed by atoms with Crippen LogP contribution in [0.4, 0.5) is 5.13 Å². The molecule has 0 aliphatic carbocycles. The van der Waals surface area contributed by atoms with Crippen LogP contribution in [0, 0.1) is 13.8 Å². The number of ketones is 1. The Morgan fingerprint density at radius 2 is 1.90 bits per heavy atom. The lowest BCUT2D eigenvalue weighted by atomic mass is 10.2. The van der Waals surface area contributed by atoms with E-state index in [-0.39, 0.29) is 11.7 Å². The fraction of sp³-hybridized carbons (Fsp3) is 0.267. The smallest absolute Gasteiger partial charge is 0.236 e. The number of anilines is 1. The van der Waals surface area contributed by atoms with Crippen molar-refractivity contribution in [3.8, 4) is 0 Å². The Bertz CT molecular complexity index is 663. The summed E-state index contributed by atoms with van der Waals surface area (Å²) < 4.78 is 0. The third-order valence-electron chi connectivity index (χ3n) is 2.75. The molecule has 0 fully saturated rings. The van der Waals surface area contributed by atoms with E-state index < -0.39 is 0 Å². The summed E-state index contributed by atoms with van der Waals surface area (Å²) in [5.74, 6) is 0.167. The van der Waals surface area contributed by atoms with E-state index in [1.165, 1.54) is 35.6 Å². The maximum absolute atomic E-state index is 11.9. The molecule has 0 bridgehead atoms. The maximum atomic E-state index is 11.9. The molecule has 0 atom stereocenters. The number of thiazole rings is 1. The Kier molecular flexibility index (Phi) is 5.14. The first-order valence-corrected chi connectivity index (χ1v) is 8.23. The second-order valence-corrected chi connectivity index (χ2v) is 6.69. The molecule has 1 amide bonds. The molecule has 1 aromatic carbocycles. The summed E-state index contributed by atoms with van der Waals surface area (Å²) in [7, 11) is 0. The highest BCUT2D eigenvalue weighted by atomic mass is 32.2. The minimum absolute atomic E-state index is 0.0282. The van der Waals surface area contributed by atoms with Gasteiger partial charge in [0, 0.05) is 11.8 Å². The number of rotatable bonds is 5. The molecule has 0 radical (unpaired) electrons. The van der Waals surface area contributed by atoms with Crippen LogP contribution in [0.25, 0.3) is 0 Å². The highest BCUT2D eigenvalue weighted by molar-refractivity contribution is 8.00. The lowest BCUT2D eigenvalue weighted by Gasteiger charge is -2.02. The van der Waals surface area contributed by atoms with Gasteiger partial charge in [-0.1, -0.05) is 29.0 Å². The first-order valence-electron chi connectivity index (χ1n) is 6.43. The van der Waals surface area contributed by atoms with Crippen molar-refractivity contribution in [2.45, 2.75) is 25.7 Å². The summed E-state index contributed by atoms with van der Waals surface area (Å²) in [6, 6.07) is 8.02. The zero-order valence-electron chi connectivity index (χ0n) is 12.1. The summed E-state index contributed by atoms with van der Waals surface area (Å²) in [5, 5.41) is 3.21. The van der Waals surface area contributed by atoms with E-state index >= 15 is 0 Å². The molecule has 2 rings (SSSR count). The molecule has 0 aliphatic heterocycles. The van der Waals surface area contributed by atoms with Gasteiger partial charge < -0.3 is 5.32 Å². The number of carbonyl (C=O) groups is 2. The highest BCUT2D eigenvalue weighted by Gasteiger charge is 2.13. The van der Waals surface area contributed by atoms with Crippen molar-refractivity contribution in [2.75, 3.05) is 11.1 Å². The predicted octanol–water partition coefficient (Wildman–Crippen LogP) is 3.69.